The maximum Gasteiger partial charge on any atom is -0.0298 e. The van der Waals surface area contributed by atoms with E-state index in [4.69, 9.17) is 0 Å². The van der Waals surface area contributed by atoms with Crippen molar-refractivity contribution in [3.8, 4) is 0 Å². The van der Waals surface area contributed by atoms with Gasteiger partial charge in [0.15, 0.2) is 0 Å². The van der Waals surface area contributed by atoms with E-state index in [1.54, 1.807) is 32.1 Å². The fourth-order valence-electron chi connectivity index (χ4n) is 11.5. The number of hydrogen-bond acceptors (Lipinski definition) is 0. The van der Waals surface area contributed by atoms with Gasteiger partial charge in [-0.3, -0.25) is 0 Å². The van der Waals surface area contributed by atoms with Crippen molar-refractivity contribution in [1.82, 2.24) is 0 Å². The maximum absolute atomic E-state index is 2.58. The van der Waals surface area contributed by atoms with Crippen LogP contribution in [-0.4, -0.2) is 0 Å². The molecule has 0 radical (unpaired) electrons. The molecule has 46 heavy (non-hydrogen) atoms. The molecule has 0 aromatic carbocycles. The van der Waals surface area contributed by atoms with Crippen molar-refractivity contribution in [2.75, 3.05) is 0 Å². The highest BCUT2D eigenvalue weighted by Gasteiger charge is 2.39. The first-order chi connectivity index (χ1) is 22.0. The van der Waals surface area contributed by atoms with Crippen LogP contribution in [0.5, 0.6) is 0 Å². The summed E-state index contributed by atoms with van der Waals surface area (Å²) in [5.41, 5.74) is 0.611. The highest BCUT2D eigenvalue weighted by atomic mass is 14.4. The van der Waals surface area contributed by atoms with E-state index in [-0.39, 0.29) is 0 Å². The van der Waals surface area contributed by atoms with Crippen molar-refractivity contribution >= 4 is 0 Å². The van der Waals surface area contributed by atoms with Gasteiger partial charge in [-0.2, -0.15) is 0 Å². The van der Waals surface area contributed by atoms with E-state index in [0.29, 0.717) is 5.41 Å². The van der Waals surface area contributed by atoms with Crippen LogP contribution in [0.25, 0.3) is 0 Å². The molecule has 0 spiro atoms. The molecule has 0 N–H and O–H groups in total. The normalized spacial score (nSPS) is 42.5. The minimum absolute atomic E-state index is 0.611. The molecule has 0 heteroatoms. The van der Waals surface area contributed by atoms with Crippen LogP contribution in [0.4, 0.5) is 0 Å². The van der Waals surface area contributed by atoms with Crippen LogP contribution in [0.3, 0.4) is 0 Å². The molecule has 6 aliphatic rings. The van der Waals surface area contributed by atoms with Gasteiger partial charge in [0, 0.05) is 0 Å². The molecule has 0 aromatic rings. The predicted octanol–water partition coefficient (Wildman–Crippen LogP) is 15.3. The molecule has 270 valence electrons. The molecule has 0 unspecified atom stereocenters. The molecule has 6 saturated carbocycles. The second-order valence-electron chi connectivity index (χ2n) is 20.3. The summed E-state index contributed by atoms with van der Waals surface area (Å²) in [7, 11) is 0. The lowest BCUT2D eigenvalue weighted by Crippen LogP contribution is -2.36. The molecule has 0 nitrogen and oxygen atoms in total. The van der Waals surface area contributed by atoms with Crippen LogP contribution >= 0.6 is 0 Å². The second kappa shape index (κ2) is 19.4. The van der Waals surface area contributed by atoms with E-state index in [2.05, 4.69) is 55.4 Å². The third-order valence-corrected chi connectivity index (χ3v) is 15.9. The Balaban J connectivity index is 0.000000157. The summed E-state index contributed by atoms with van der Waals surface area (Å²) in [5.74, 6) is 12.5. The highest BCUT2D eigenvalue weighted by molar-refractivity contribution is 4.90. The van der Waals surface area contributed by atoms with Crippen molar-refractivity contribution < 1.29 is 0 Å². The van der Waals surface area contributed by atoms with Gasteiger partial charge in [-0.1, -0.05) is 158 Å². The van der Waals surface area contributed by atoms with Crippen molar-refractivity contribution in [2.24, 2.45) is 76.4 Å². The molecule has 0 atom stereocenters. The standard InChI is InChI=1S/C17H32.C15H28.C14H26/c1-13-5-9-15(10-6-13)17(3,4)16-11-7-14(2)8-12-16;1-12-3-7-14(8-4-12)11-15-9-5-13(2)6-10-15;1-11-3-7-13(8-4-11)14-9-5-12(2)6-10-14/h13-16H,5-12H2,1-4H3;12-15H,3-11H2,1-2H3;11-14H,3-10H2,1-2H3. The average molecular weight is 639 g/mol. The Kier molecular flexibility index (Phi) is 16.4. The van der Waals surface area contributed by atoms with Gasteiger partial charge in [0.2, 0.25) is 0 Å². The quantitative estimate of drug-likeness (QED) is 0.281. The van der Waals surface area contributed by atoms with Gasteiger partial charge in [-0.05, 0) is 134 Å². The lowest BCUT2D eigenvalue weighted by atomic mass is 9.59. The molecule has 0 saturated heterocycles. The van der Waals surface area contributed by atoms with Crippen LogP contribution in [0, 0.1) is 76.4 Å². The van der Waals surface area contributed by atoms with E-state index < -0.39 is 0 Å². The molecule has 0 heterocycles. The minimum atomic E-state index is 0.611. The highest BCUT2D eigenvalue weighted by Crippen LogP contribution is 2.50. The van der Waals surface area contributed by atoms with E-state index in [1.807, 2.05) is 0 Å². The van der Waals surface area contributed by atoms with E-state index >= 15 is 0 Å². The van der Waals surface area contributed by atoms with Crippen molar-refractivity contribution in [3.05, 3.63) is 0 Å². The van der Waals surface area contributed by atoms with E-state index in [1.165, 1.54) is 128 Å². The lowest BCUT2D eigenvalue weighted by Gasteiger charge is -2.46. The fourth-order valence-corrected chi connectivity index (χ4v) is 11.5. The first-order valence-electron chi connectivity index (χ1n) is 22.0. The Morgan fingerprint density at radius 3 is 0.783 bits per heavy atom. The third-order valence-electron chi connectivity index (χ3n) is 15.9. The Bertz CT molecular complexity index is 697. The van der Waals surface area contributed by atoms with Crippen molar-refractivity contribution in [2.45, 2.75) is 216 Å². The summed E-state index contributed by atoms with van der Waals surface area (Å²) < 4.78 is 0. The zero-order valence-corrected chi connectivity index (χ0v) is 33.1. The molecule has 0 amide bonds. The topological polar surface area (TPSA) is 0 Å². The summed E-state index contributed by atoms with van der Waals surface area (Å²) in [6.45, 7) is 19.7. The van der Waals surface area contributed by atoms with Gasteiger partial charge in [0.25, 0.3) is 0 Å². The van der Waals surface area contributed by atoms with Crippen molar-refractivity contribution in [1.29, 1.82) is 0 Å². The van der Waals surface area contributed by atoms with Crippen LogP contribution in [-0.2, 0) is 0 Å². The Labute approximate surface area is 291 Å². The first-order valence-corrected chi connectivity index (χ1v) is 22.0. The van der Waals surface area contributed by atoms with Gasteiger partial charge in [0.05, 0.1) is 0 Å². The second-order valence-corrected chi connectivity index (χ2v) is 20.3. The Hall–Kier alpha value is 0. The van der Waals surface area contributed by atoms with Gasteiger partial charge >= 0.3 is 0 Å². The van der Waals surface area contributed by atoms with E-state index in [0.717, 1.165) is 71.0 Å². The van der Waals surface area contributed by atoms with Crippen molar-refractivity contribution in [3.63, 3.8) is 0 Å². The summed E-state index contributed by atoms with van der Waals surface area (Å²) in [4.78, 5) is 0. The SMILES string of the molecule is CC1CCC(C(C)(C)C2CCC(C)CC2)CC1.CC1CCC(C2CCC(C)CC2)CC1.CC1CCC(CC2CCC(C)CC2)CC1. The average Bonchev–Trinajstić information content (AvgIpc) is 3.05. The largest absolute Gasteiger partial charge is 0.0625 e. The molecule has 6 aliphatic carbocycles. The molecule has 0 bridgehead atoms. The Morgan fingerprint density at radius 2 is 0.522 bits per heavy atom. The zero-order valence-electron chi connectivity index (χ0n) is 33.1. The number of rotatable bonds is 5. The zero-order chi connectivity index (χ0) is 33.1. The third kappa shape index (κ3) is 12.7. The van der Waals surface area contributed by atoms with Crippen LogP contribution < -0.4 is 0 Å². The van der Waals surface area contributed by atoms with Crippen LogP contribution in [0.15, 0.2) is 0 Å². The van der Waals surface area contributed by atoms with Gasteiger partial charge in [-0.15, -0.1) is 0 Å². The Morgan fingerprint density at radius 1 is 0.304 bits per heavy atom. The lowest BCUT2D eigenvalue weighted by molar-refractivity contribution is 0.0421. The first kappa shape index (κ1) is 38.8. The fraction of sp³-hybridized carbons (Fsp3) is 1.00. The van der Waals surface area contributed by atoms with Crippen LogP contribution in [0.2, 0.25) is 0 Å². The molecule has 6 fully saturated rings. The molecule has 0 aliphatic heterocycles. The summed E-state index contributed by atoms with van der Waals surface area (Å²) in [6, 6.07) is 0. The minimum Gasteiger partial charge on any atom is -0.0625 e. The molecule has 0 aromatic heterocycles. The maximum atomic E-state index is 2.58. The van der Waals surface area contributed by atoms with Gasteiger partial charge in [-0.25, -0.2) is 0 Å². The molecule has 6 rings (SSSR count). The van der Waals surface area contributed by atoms with Gasteiger partial charge in [0.1, 0.15) is 0 Å². The number of hydrogen-bond donors (Lipinski definition) is 0. The molecular formula is C46H86. The predicted molar refractivity (Wildman–Crippen MR) is 205 cm³/mol. The summed E-state index contributed by atoms with van der Waals surface area (Å²) in [5, 5.41) is 0. The van der Waals surface area contributed by atoms with E-state index in [9.17, 15) is 0 Å². The smallest absolute Gasteiger partial charge is 0.0298 e. The monoisotopic (exact) mass is 639 g/mol. The summed E-state index contributed by atoms with van der Waals surface area (Å²) >= 11 is 0. The van der Waals surface area contributed by atoms with Gasteiger partial charge < -0.3 is 0 Å². The van der Waals surface area contributed by atoms with Crippen LogP contribution in [0.1, 0.15) is 216 Å². The summed E-state index contributed by atoms with van der Waals surface area (Å²) in [6.07, 6.45) is 37.9. The molecular weight excluding hydrogens is 553 g/mol.